The van der Waals surface area contributed by atoms with Gasteiger partial charge in [0.05, 0.1) is 0 Å². The lowest BCUT2D eigenvalue weighted by atomic mass is 10.2. The van der Waals surface area contributed by atoms with E-state index in [1.165, 1.54) is 6.92 Å². The van der Waals surface area contributed by atoms with Gasteiger partial charge in [-0.05, 0) is 54.7 Å². The van der Waals surface area contributed by atoms with Crippen LogP contribution in [0, 0.1) is 0 Å². The highest BCUT2D eigenvalue weighted by atomic mass is 35.5. The number of thiocarbonyl (C=S) groups is 1. The van der Waals surface area contributed by atoms with Crippen LogP contribution in [-0.4, -0.2) is 16.9 Å². The van der Waals surface area contributed by atoms with Gasteiger partial charge in [0.1, 0.15) is 0 Å². The molecule has 0 heterocycles. The van der Waals surface area contributed by atoms with Gasteiger partial charge in [-0.2, -0.15) is 0 Å². The Morgan fingerprint density at radius 2 is 1.61 bits per heavy atom. The van der Waals surface area contributed by atoms with Crippen LogP contribution in [0.3, 0.4) is 0 Å². The first-order valence-corrected chi connectivity index (χ1v) is 7.48. The zero-order valence-electron chi connectivity index (χ0n) is 12.2. The van der Waals surface area contributed by atoms with Crippen molar-refractivity contribution in [1.82, 2.24) is 5.32 Å². The van der Waals surface area contributed by atoms with E-state index in [2.05, 4.69) is 16.0 Å². The summed E-state index contributed by atoms with van der Waals surface area (Å²) >= 11 is 10.8. The van der Waals surface area contributed by atoms with Crippen LogP contribution >= 0.6 is 23.8 Å². The molecule has 0 aromatic heterocycles. The molecule has 2 amide bonds. The van der Waals surface area contributed by atoms with E-state index in [0.717, 1.165) is 0 Å². The Labute approximate surface area is 144 Å². The van der Waals surface area contributed by atoms with Crippen molar-refractivity contribution in [3.05, 3.63) is 59.1 Å². The minimum absolute atomic E-state index is 0.216. The highest BCUT2D eigenvalue weighted by molar-refractivity contribution is 7.80. The molecule has 0 unspecified atom stereocenters. The van der Waals surface area contributed by atoms with Gasteiger partial charge >= 0.3 is 0 Å². The van der Waals surface area contributed by atoms with E-state index in [0.29, 0.717) is 22.0 Å². The lowest BCUT2D eigenvalue weighted by Crippen LogP contribution is -2.32. The fraction of sp³-hybridized carbons (Fsp3) is 0.0625. The average molecular weight is 348 g/mol. The molecule has 118 valence electrons. The van der Waals surface area contributed by atoms with Crippen LogP contribution < -0.4 is 16.0 Å². The van der Waals surface area contributed by atoms with Crippen molar-refractivity contribution in [3.8, 4) is 0 Å². The summed E-state index contributed by atoms with van der Waals surface area (Å²) < 4.78 is 0. The van der Waals surface area contributed by atoms with Gasteiger partial charge in [0.25, 0.3) is 5.91 Å². The average Bonchev–Trinajstić information content (AvgIpc) is 2.48. The first kappa shape index (κ1) is 16.9. The predicted molar refractivity (Wildman–Crippen MR) is 95.9 cm³/mol. The lowest BCUT2D eigenvalue weighted by Gasteiger charge is -2.09. The van der Waals surface area contributed by atoms with Gasteiger partial charge in [-0.15, -0.1) is 0 Å². The fourth-order valence-corrected chi connectivity index (χ4v) is 2.24. The number of anilines is 2. The van der Waals surface area contributed by atoms with Gasteiger partial charge in [0.15, 0.2) is 5.11 Å². The smallest absolute Gasteiger partial charge is 0.255 e. The molecule has 2 rings (SSSR count). The summed E-state index contributed by atoms with van der Waals surface area (Å²) in [5.41, 5.74) is 1.81. The van der Waals surface area contributed by atoms with Crippen molar-refractivity contribution < 1.29 is 9.59 Å². The van der Waals surface area contributed by atoms with Gasteiger partial charge in [-0.1, -0.05) is 17.7 Å². The minimum Gasteiger partial charge on any atom is -0.332 e. The molecule has 2 aromatic rings. The standard InChI is InChI=1S/C16H14ClN3O2S/c1-10(21)18-16(23)20-14-7-5-13(6-8-14)19-15(22)11-3-2-4-12(17)9-11/h2-9H,1H3,(H,19,22)(H2,18,20,21,23). The summed E-state index contributed by atoms with van der Waals surface area (Å²) in [6.07, 6.45) is 0. The van der Waals surface area contributed by atoms with E-state index in [1.807, 2.05) is 0 Å². The van der Waals surface area contributed by atoms with Crippen molar-refractivity contribution >= 4 is 52.1 Å². The Kier molecular flexibility index (Phi) is 5.67. The molecule has 0 spiro atoms. The molecule has 0 aliphatic carbocycles. The summed E-state index contributed by atoms with van der Waals surface area (Å²) in [5.74, 6) is -0.491. The van der Waals surface area contributed by atoms with Crippen LogP contribution in [0.1, 0.15) is 17.3 Å². The van der Waals surface area contributed by atoms with Crippen molar-refractivity contribution in [1.29, 1.82) is 0 Å². The summed E-state index contributed by atoms with van der Waals surface area (Å²) in [6.45, 7) is 1.38. The van der Waals surface area contributed by atoms with Gasteiger partial charge < -0.3 is 16.0 Å². The van der Waals surface area contributed by atoms with E-state index < -0.39 is 0 Å². The Hall–Kier alpha value is -2.44. The molecule has 0 radical (unpaired) electrons. The second-order valence-electron chi connectivity index (χ2n) is 4.68. The van der Waals surface area contributed by atoms with Gasteiger partial charge in [0.2, 0.25) is 5.91 Å². The second kappa shape index (κ2) is 7.71. The van der Waals surface area contributed by atoms with E-state index in [1.54, 1.807) is 48.5 Å². The molecule has 0 bridgehead atoms. The minimum atomic E-state index is -0.248. The summed E-state index contributed by atoms with van der Waals surface area (Å²) in [7, 11) is 0. The van der Waals surface area contributed by atoms with Gasteiger partial charge in [0, 0.05) is 28.9 Å². The third-order valence-electron chi connectivity index (χ3n) is 2.78. The molecule has 3 N–H and O–H groups in total. The highest BCUT2D eigenvalue weighted by Gasteiger charge is 2.06. The molecule has 7 heteroatoms. The summed E-state index contributed by atoms with van der Waals surface area (Å²) in [6, 6.07) is 13.6. The van der Waals surface area contributed by atoms with E-state index in [9.17, 15) is 9.59 Å². The topological polar surface area (TPSA) is 70.2 Å². The molecular formula is C16H14ClN3O2S. The normalized spacial score (nSPS) is 9.83. The number of rotatable bonds is 3. The van der Waals surface area contributed by atoms with Crippen molar-refractivity contribution in [2.75, 3.05) is 10.6 Å². The van der Waals surface area contributed by atoms with E-state index in [-0.39, 0.29) is 16.9 Å². The Bertz CT molecular complexity index is 747. The fourth-order valence-electron chi connectivity index (χ4n) is 1.79. The Morgan fingerprint density at radius 3 is 2.17 bits per heavy atom. The van der Waals surface area contributed by atoms with Crippen LogP contribution in [0.15, 0.2) is 48.5 Å². The number of benzene rings is 2. The number of halogens is 1. The zero-order valence-corrected chi connectivity index (χ0v) is 13.8. The number of amides is 2. The third-order valence-corrected chi connectivity index (χ3v) is 3.22. The van der Waals surface area contributed by atoms with Gasteiger partial charge in [-0.25, -0.2) is 0 Å². The summed E-state index contributed by atoms with van der Waals surface area (Å²) in [4.78, 5) is 23.0. The zero-order chi connectivity index (χ0) is 16.8. The maximum absolute atomic E-state index is 12.1. The SMILES string of the molecule is CC(=O)NC(=S)Nc1ccc(NC(=O)c2cccc(Cl)c2)cc1. The maximum Gasteiger partial charge on any atom is 0.255 e. The molecule has 2 aromatic carbocycles. The molecule has 0 fully saturated rings. The van der Waals surface area contributed by atoms with Crippen molar-refractivity contribution in [2.45, 2.75) is 6.92 Å². The highest BCUT2D eigenvalue weighted by Crippen LogP contribution is 2.16. The summed E-state index contributed by atoms with van der Waals surface area (Å²) in [5, 5.41) is 8.82. The molecule has 0 atom stereocenters. The first-order valence-electron chi connectivity index (χ1n) is 6.69. The molecule has 5 nitrogen and oxygen atoms in total. The number of nitrogens with one attached hydrogen (secondary N) is 3. The van der Waals surface area contributed by atoms with Crippen molar-refractivity contribution in [3.63, 3.8) is 0 Å². The van der Waals surface area contributed by atoms with Crippen LogP contribution in [-0.2, 0) is 4.79 Å². The Balaban J connectivity index is 1.98. The van der Waals surface area contributed by atoms with Crippen molar-refractivity contribution in [2.24, 2.45) is 0 Å². The predicted octanol–water partition coefficient (Wildman–Crippen LogP) is 3.43. The quantitative estimate of drug-likeness (QED) is 0.744. The molecule has 0 aliphatic rings. The number of hydrogen-bond donors (Lipinski definition) is 3. The van der Waals surface area contributed by atoms with Crippen LogP contribution in [0.25, 0.3) is 0 Å². The molecule has 0 saturated carbocycles. The van der Waals surface area contributed by atoms with E-state index >= 15 is 0 Å². The number of hydrogen-bond acceptors (Lipinski definition) is 3. The Morgan fingerprint density at radius 1 is 1.00 bits per heavy atom. The largest absolute Gasteiger partial charge is 0.332 e. The second-order valence-corrected chi connectivity index (χ2v) is 5.52. The van der Waals surface area contributed by atoms with E-state index in [4.69, 9.17) is 23.8 Å². The number of carbonyl (C=O) groups is 2. The number of carbonyl (C=O) groups excluding carboxylic acids is 2. The lowest BCUT2D eigenvalue weighted by molar-refractivity contribution is -0.117. The molecule has 0 aliphatic heterocycles. The van der Waals surface area contributed by atoms with Crippen LogP contribution in [0.4, 0.5) is 11.4 Å². The first-order chi connectivity index (χ1) is 10.9. The van der Waals surface area contributed by atoms with Gasteiger partial charge in [-0.3, -0.25) is 9.59 Å². The molecule has 0 saturated heterocycles. The van der Waals surface area contributed by atoms with Crippen LogP contribution in [0.2, 0.25) is 5.02 Å². The molecule has 23 heavy (non-hydrogen) atoms. The maximum atomic E-state index is 12.1. The monoisotopic (exact) mass is 347 g/mol. The van der Waals surface area contributed by atoms with Crippen LogP contribution in [0.5, 0.6) is 0 Å². The molecular weight excluding hydrogens is 334 g/mol. The third kappa shape index (κ3) is 5.36.